The zero-order chi connectivity index (χ0) is 17.5. The molecule has 1 fully saturated rings. The Labute approximate surface area is 158 Å². The summed E-state index contributed by atoms with van der Waals surface area (Å²) >= 11 is 7.67. The van der Waals surface area contributed by atoms with Gasteiger partial charge in [-0.2, -0.15) is 11.8 Å². The van der Waals surface area contributed by atoms with Gasteiger partial charge < -0.3 is 9.64 Å². The number of carbonyl (C=O) groups is 1. The monoisotopic (exact) mass is 375 g/mol. The van der Waals surface area contributed by atoms with Crippen molar-refractivity contribution in [1.82, 2.24) is 4.90 Å². The number of thioether (sulfide) groups is 1. The lowest BCUT2D eigenvalue weighted by Gasteiger charge is -2.15. The zero-order valence-corrected chi connectivity index (χ0v) is 15.7. The molecule has 0 radical (unpaired) electrons. The molecule has 1 aliphatic rings. The Morgan fingerprint density at radius 3 is 2.40 bits per heavy atom. The molecule has 0 saturated carbocycles. The van der Waals surface area contributed by atoms with Crippen LogP contribution >= 0.6 is 23.4 Å². The van der Waals surface area contributed by atoms with Crippen LogP contribution in [0.1, 0.15) is 28.8 Å². The number of carbonyl (C=O) groups excluding carboxylic acids is 1. The summed E-state index contributed by atoms with van der Waals surface area (Å²) in [6.07, 6.45) is 2.25. The minimum absolute atomic E-state index is 0.160. The highest BCUT2D eigenvalue weighted by molar-refractivity contribution is 7.98. The quantitative estimate of drug-likeness (QED) is 0.645. The summed E-state index contributed by atoms with van der Waals surface area (Å²) in [5, 5.41) is 0.716. The van der Waals surface area contributed by atoms with E-state index in [1.54, 1.807) is 0 Å². The Morgan fingerprint density at radius 1 is 1.04 bits per heavy atom. The molecule has 5 heteroatoms. The fourth-order valence-corrected chi connectivity index (χ4v) is 3.69. The first-order chi connectivity index (χ1) is 12.2. The molecule has 1 heterocycles. The van der Waals surface area contributed by atoms with Gasteiger partial charge in [0, 0.05) is 35.2 Å². The number of rotatable bonds is 7. The van der Waals surface area contributed by atoms with Crippen molar-refractivity contribution in [1.29, 1.82) is 0 Å². The van der Waals surface area contributed by atoms with Crippen LogP contribution in [0.15, 0.2) is 48.5 Å². The Bertz CT molecular complexity index is 682. The number of hydrogen-bond acceptors (Lipinski definition) is 3. The molecule has 3 rings (SSSR count). The molecule has 0 bridgehead atoms. The van der Waals surface area contributed by atoms with Crippen molar-refractivity contribution >= 4 is 29.3 Å². The lowest BCUT2D eigenvalue weighted by molar-refractivity contribution is 0.0793. The van der Waals surface area contributed by atoms with Crippen molar-refractivity contribution in [3.05, 3.63) is 64.7 Å². The molecule has 1 aliphatic heterocycles. The standard InChI is InChI=1S/C20H22ClNO2S/c21-18-7-9-19(10-8-18)24-13-14-25-15-16-3-5-17(6-4-16)20(23)22-11-1-2-12-22/h3-10H,1-2,11-15H2. The van der Waals surface area contributed by atoms with Crippen LogP contribution in [0.5, 0.6) is 5.75 Å². The van der Waals surface area contributed by atoms with E-state index in [1.165, 1.54) is 5.56 Å². The molecular formula is C20H22ClNO2S. The van der Waals surface area contributed by atoms with Crippen LogP contribution in [-0.4, -0.2) is 36.3 Å². The molecule has 0 unspecified atom stereocenters. The fraction of sp³-hybridized carbons (Fsp3) is 0.350. The van der Waals surface area contributed by atoms with Gasteiger partial charge in [-0.3, -0.25) is 4.79 Å². The third-order valence-electron chi connectivity index (χ3n) is 4.17. The van der Waals surface area contributed by atoms with Gasteiger partial charge in [0.2, 0.25) is 0 Å². The first kappa shape index (κ1) is 18.2. The van der Waals surface area contributed by atoms with E-state index < -0.39 is 0 Å². The average Bonchev–Trinajstić information content (AvgIpc) is 3.18. The van der Waals surface area contributed by atoms with Gasteiger partial charge in [-0.1, -0.05) is 23.7 Å². The summed E-state index contributed by atoms with van der Waals surface area (Å²) < 4.78 is 5.68. The van der Waals surface area contributed by atoms with E-state index >= 15 is 0 Å². The number of likely N-dealkylation sites (tertiary alicyclic amines) is 1. The minimum Gasteiger partial charge on any atom is -0.493 e. The summed E-state index contributed by atoms with van der Waals surface area (Å²) in [7, 11) is 0. The predicted molar refractivity (Wildman–Crippen MR) is 105 cm³/mol. The number of amides is 1. The second kappa shape index (κ2) is 9.16. The van der Waals surface area contributed by atoms with Gasteiger partial charge in [0.25, 0.3) is 5.91 Å². The van der Waals surface area contributed by atoms with Crippen molar-refractivity contribution < 1.29 is 9.53 Å². The van der Waals surface area contributed by atoms with Gasteiger partial charge in [-0.05, 0) is 54.8 Å². The first-order valence-corrected chi connectivity index (χ1v) is 10.1. The molecule has 0 aromatic heterocycles. The molecule has 1 saturated heterocycles. The van der Waals surface area contributed by atoms with E-state index in [1.807, 2.05) is 53.1 Å². The normalized spacial score (nSPS) is 13.9. The van der Waals surface area contributed by atoms with Gasteiger partial charge in [-0.15, -0.1) is 0 Å². The lowest BCUT2D eigenvalue weighted by atomic mass is 10.1. The number of hydrogen-bond donors (Lipinski definition) is 0. The summed E-state index contributed by atoms with van der Waals surface area (Å²) in [4.78, 5) is 14.3. The van der Waals surface area contributed by atoms with Crippen molar-refractivity contribution in [2.24, 2.45) is 0 Å². The Hall–Kier alpha value is -1.65. The van der Waals surface area contributed by atoms with E-state index in [0.29, 0.717) is 11.6 Å². The molecule has 3 nitrogen and oxygen atoms in total. The van der Waals surface area contributed by atoms with E-state index in [0.717, 1.165) is 48.7 Å². The Kier molecular flexibility index (Phi) is 6.65. The summed E-state index contributed by atoms with van der Waals surface area (Å²) in [5.74, 6) is 2.84. The maximum atomic E-state index is 12.3. The molecule has 25 heavy (non-hydrogen) atoms. The van der Waals surface area contributed by atoms with Gasteiger partial charge in [-0.25, -0.2) is 0 Å². The molecule has 1 amide bonds. The number of halogens is 1. The maximum absolute atomic E-state index is 12.3. The highest BCUT2D eigenvalue weighted by atomic mass is 35.5. The molecule has 2 aromatic rings. The van der Waals surface area contributed by atoms with Crippen LogP contribution in [-0.2, 0) is 5.75 Å². The Balaban J connectivity index is 1.38. The largest absolute Gasteiger partial charge is 0.493 e. The Morgan fingerprint density at radius 2 is 1.72 bits per heavy atom. The SMILES string of the molecule is O=C(c1ccc(CSCCOc2ccc(Cl)cc2)cc1)N1CCCC1. The van der Waals surface area contributed by atoms with Crippen LogP contribution in [0.25, 0.3) is 0 Å². The van der Waals surface area contributed by atoms with Crippen molar-refractivity contribution in [2.45, 2.75) is 18.6 Å². The van der Waals surface area contributed by atoms with Gasteiger partial charge in [0.15, 0.2) is 0 Å². The van der Waals surface area contributed by atoms with Crippen molar-refractivity contribution in [3.8, 4) is 5.75 Å². The molecule has 0 aliphatic carbocycles. The summed E-state index contributed by atoms with van der Waals surface area (Å²) in [6, 6.07) is 15.4. The third-order valence-corrected chi connectivity index (χ3v) is 5.42. The summed E-state index contributed by atoms with van der Waals surface area (Å²) in [5.41, 5.74) is 2.02. The second-order valence-corrected chi connectivity index (χ2v) is 7.59. The minimum atomic E-state index is 0.160. The molecular weight excluding hydrogens is 354 g/mol. The van der Waals surface area contributed by atoms with E-state index in [-0.39, 0.29) is 5.91 Å². The van der Waals surface area contributed by atoms with Crippen LogP contribution in [0, 0.1) is 0 Å². The van der Waals surface area contributed by atoms with Crippen molar-refractivity contribution in [2.75, 3.05) is 25.4 Å². The number of nitrogens with zero attached hydrogens (tertiary/aromatic N) is 1. The predicted octanol–water partition coefficient (Wildman–Crippen LogP) is 4.89. The molecule has 2 aromatic carbocycles. The molecule has 0 atom stereocenters. The number of benzene rings is 2. The fourth-order valence-electron chi connectivity index (χ4n) is 2.79. The lowest BCUT2D eigenvalue weighted by Crippen LogP contribution is -2.27. The van der Waals surface area contributed by atoms with Gasteiger partial charge >= 0.3 is 0 Å². The third kappa shape index (κ3) is 5.41. The van der Waals surface area contributed by atoms with Gasteiger partial charge in [0.1, 0.15) is 5.75 Å². The van der Waals surface area contributed by atoms with Crippen LogP contribution in [0.3, 0.4) is 0 Å². The summed E-state index contributed by atoms with van der Waals surface area (Å²) in [6.45, 7) is 2.45. The highest BCUT2D eigenvalue weighted by Gasteiger charge is 2.18. The smallest absolute Gasteiger partial charge is 0.253 e. The highest BCUT2D eigenvalue weighted by Crippen LogP contribution is 2.18. The molecule has 132 valence electrons. The topological polar surface area (TPSA) is 29.5 Å². The van der Waals surface area contributed by atoms with Crippen LogP contribution in [0.4, 0.5) is 0 Å². The van der Waals surface area contributed by atoms with Crippen molar-refractivity contribution in [3.63, 3.8) is 0 Å². The van der Waals surface area contributed by atoms with Crippen LogP contribution < -0.4 is 4.74 Å². The average molecular weight is 376 g/mol. The molecule has 0 N–H and O–H groups in total. The first-order valence-electron chi connectivity index (χ1n) is 8.57. The zero-order valence-electron chi connectivity index (χ0n) is 14.1. The number of ether oxygens (including phenoxy) is 1. The molecule has 0 spiro atoms. The van der Waals surface area contributed by atoms with Gasteiger partial charge in [0.05, 0.1) is 6.61 Å². The van der Waals surface area contributed by atoms with E-state index in [9.17, 15) is 4.79 Å². The maximum Gasteiger partial charge on any atom is 0.253 e. The van der Waals surface area contributed by atoms with E-state index in [2.05, 4.69) is 12.1 Å². The van der Waals surface area contributed by atoms with Crippen LogP contribution in [0.2, 0.25) is 5.02 Å². The second-order valence-electron chi connectivity index (χ2n) is 6.05. The van der Waals surface area contributed by atoms with E-state index in [4.69, 9.17) is 16.3 Å².